The summed E-state index contributed by atoms with van der Waals surface area (Å²) in [6.07, 6.45) is 2.43. The van der Waals surface area contributed by atoms with Gasteiger partial charge >= 0.3 is 5.97 Å². The molecule has 17 heavy (non-hydrogen) atoms. The zero-order valence-electron chi connectivity index (χ0n) is 9.17. The quantitative estimate of drug-likeness (QED) is 0.532. The predicted octanol–water partition coefficient (Wildman–Crippen LogP) is 1.64. The Hall–Kier alpha value is -2.37. The first-order valence-corrected chi connectivity index (χ1v) is 4.76. The number of aromatic carboxylic acids is 1. The second kappa shape index (κ2) is 5.64. The monoisotopic (exact) mass is 236 g/mol. The van der Waals surface area contributed by atoms with Crippen LogP contribution in [0.2, 0.25) is 0 Å². The molecule has 1 aromatic heterocycles. The highest BCUT2D eigenvalue weighted by Gasteiger charge is 2.03. The molecule has 0 saturated heterocycles. The van der Waals surface area contributed by atoms with Crippen LogP contribution < -0.4 is 4.74 Å². The average Bonchev–Trinajstić information content (AvgIpc) is 2.26. The molecule has 6 heteroatoms. The van der Waals surface area contributed by atoms with E-state index >= 15 is 0 Å². The highest BCUT2D eigenvalue weighted by atomic mass is 16.5. The number of hydrogen-bond acceptors (Lipinski definition) is 5. The molecule has 0 fully saturated rings. The molecule has 0 saturated carbocycles. The maximum Gasteiger partial charge on any atom is 0.337 e. The highest BCUT2D eigenvalue weighted by Crippen LogP contribution is 2.07. The number of rotatable bonds is 5. The smallest absolute Gasteiger partial charge is 0.337 e. The number of ether oxygens (including phenoxy) is 1. The normalized spacial score (nSPS) is 11.0. The van der Waals surface area contributed by atoms with Gasteiger partial charge in [-0.2, -0.15) is 0 Å². The highest BCUT2D eigenvalue weighted by molar-refractivity contribution is 5.93. The van der Waals surface area contributed by atoms with Crippen molar-refractivity contribution in [2.45, 2.75) is 6.92 Å². The van der Waals surface area contributed by atoms with Gasteiger partial charge in [0.2, 0.25) is 5.88 Å². The number of aliphatic hydroxyl groups is 1. The van der Waals surface area contributed by atoms with Crippen molar-refractivity contribution in [1.29, 1.82) is 5.41 Å². The lowest BCUT2D eigenvalue weighted by Gasteiger charge is -2.04. The largest absolute Gasteiger partial charge is 0.513 e. The van der Waals surface area contributed by atoms with Crippen molar-refractivity contribution in [2.75, 3.05) is 6.61 Å². The van der Waals surface area contributed by atoms with E-state index in [0.29, 0.717) is 0 Å². The van der Waals surface area contributed by atoms with Crippen molar-refractivity contribution in [2.24, 2.45) is 0 Å². The molecule has 0 bridgehead atoms. The van der Waals surface area contributed by atoms with Crippen LogP contribution in [0.25, 0.3) is 0 Å². The summed E-state index contributed by atoms with van der Waals surface area (Å²) >= 11 is 0. The number of aliphatic hydroxyl groups excluding tert-OH is 1. The second-order valence-corrected chi connectivity index (χ2v) is 3.29. The number of carbonyl (C=O) groups is 1. The fourth-order valence-electron chi connectivity index (χ4n) is 1.04. The van der Waals surface area contributed by atoms with Crippen molar-refractivity contribution in [3.63, 3.8) is 0 Å². The first-order chi connectivity index (χ1) is 7.99. The van der Waals surface area contributed by atoms with E-state index in [1.807, 2.05) is 0 Å². The van der Waals surface area contributed by atoms with E-state index in [-0.39, 0.29) is 29.5 Å². The molecule has 0 atom stereocenters. The van der Waals surface area contributed by atoms with Crippen molar-refractivity contribution in [1.82, 2.24) is 4.98 Å². The van der Waals surface area contributed by atoms with Gasteiger partial charge in [0.1, 0.15) is 6.61 Å². The van der Waals surface area contributed by atoms with Crippen LogP contribution in [0, 0.1) is 5.41 Å². The number of allylic oxidation sites excluding steroid dienone is 1. The third-order valence-electron chi connectivity index (χ3n) is 1.74. The third kappa shape index (κ3) is 4.33. The minimum absolute atomic E-state index is 0.0211. The van der Waals surface area contributed by atoms with E-state index in [4.69, 9.17) is 20.4 Å². The fourth-order valence-corrected chi connectivity index (χ4v) is 1.04. The van der Waals surface area contributed by atoms with Crippen LogP contribution in [-0.4, -0.2) is 33.5 Å². The second-order valence-electron chi connectivity index (χ2n) is 3.29. The van der Waals surface area contributed by atoms with Crippen LogP contribution in [0.15, 0.2) is 30.2 Å². The van der Waals surface area contributed by atoms with Crippen LogP contribution in [-0.2, 0) is 0 Å². The summed E-state index contributed by atoms with van der Waals surface area (Å²) in [5.74, 6) is -0.813. The molecule has 0 amide bonds. The number of nitrogens with one attached hydrogen (secondary N) is 1. The molecule has 0 aliphatic carbocycles. The number of hydrogen-bond donors (Lipinski definition) is 3. The Morgan fingerprint density at radius 3 is 2.71 bits per heavy atom. The predicted molar refractivity (Wildman–Crippen MR) is 60.8 cm³/mol. The molecular formula is C11H12N2O4. The van der Waals surface area contributed by atoms with Gasteiger partial charge in [0.05, 0.1) is 17.0 Å². The molecule has 1 heterocycles. The van der Waals surface area contributed by atoms with Gasteiger partial charge in [-0.1, -0.05) is 0 Å². The third-order valence-corrected chi connectivity index (χ3v) is 1.74. The molecule has 0 aliphatic heterocycles. The number of nitrogens with zero attached hydrogens (tertiary/aromatic N) is 1. The van der Waals surface area contributed by atoms with E-state index in [9.17, 15) is 4.79 Å². The summed E-state index contributed by atoms with van der Waals surface area (Å²) in [7, 11) is 0. The lowest BCUT2D eigenvalue weighted by Crippen LogP contribution is -2.09. The van der Waals surface area contributed by atoms with Gasteiger partial charge in [0.25, 0.3) is 0 Å². The van der Waals surface area contributed by atoms with Gasteiger partial charge in [0.15, 0.2) is 0 Å². The van der Waals surface area contributed by atoms with Crippen LogP contribution in [0.3, 0.4) is 0 Å². The molecular weight excluding hydrogens is 224 g/mol. The molecule has 0 aromatic carbocycles. The van der Waals surface area contributed by atoms with E-state index in [1.165, 1.54) is 31.3 Å². The summed E-state index contributed by atoms with van der Waals surface area (Å²) in [5, 5.41) is 24.9. The molecule has 3 N–H and O–H groups in total. The van der Waals surface area contributed by atoms with E-state index in [2.05, 4.69) is 4.98 Å². The van der Waals surface area contributed by atoms with Gasteiger partial charge in [-0.15, -0.1) is 0 Å². The van der Waals surface area contributed by atoms with Crippen LogP contribution in [0.4, 0.5) is 0 Å². The zero-order valence-corrected chi connectivity index (χ0v) is 9.17. The Labute approximate surface area is 97.7 Å². The Balaban J connectivity index is 2.56. The van der Waals surface area contributed by atoms with Crippen molar-refractivity contribution < 1.29 is 19.7 Å². The summed E-state index contributed by atoms with van der Waals surface area (Å²) in [6.45, 7) is 1.41. The van der Waals surface area contributed by atoms with E-state index in [0.717, 1.165) is 0 Å². The summed E-state index contributed by atoms with van der Waals surface area (Å²) < 4.78 is 5.12. The SMILES string of the molecule is C/C(O)=C/C(=N)COc1ccc(C(=O)O)cn1. The first kappa shape index (κ1) is 12.7. The number of carboxylic acids is 1. The minimum Gasteiger partial charge on any atom is -0.513 e. The lowest BCUT2D eigenvalue weighted by molar-refractivity contribution is 0.0696. The first-order valence-electron chi connectivity index (χ1n) is 4.76. The summed E-state index contributed by atoms with van der Waals surface area (Å²) in [4.78, 5) is 14.3. The lowest BCUT2D eigenvalue weighted by atomic mass is 10.3. The van der Waals surface area contributed by atoms with Crippen LogP contribution in [0.5, 0.6) is 5.88 Å². The number of aromatic nitrogens is 1. The van der Waals surface area contributed by atoms with E-state index in [1.54, 1.807) is 0 Å². The molecule has 0 radical (unpaired) electrons. The maximum absolute atomic E-state index is 10.5. The molecule has 90 valence electrons. The van der Waals surface area contributed by atoms with Crippen molar-refractivity contribution >= 4 is 11.7 Å². The van der Waals surface area contributed by atoms with Gasteiger partial charge in [-0.05, 0) is 19.1 Å². The number of carboxylic acid groups (broad SMARTS) is 1. The van der Waals surface area contributed by atoms with Gasteiger partial charge in [0, 0.05) is 12.3 Å². The van der Waals surface area contributed by atoms with E-state index < -0.39 is 5.97 Å². The fraction of sp³-hybridized carbons (Fsp3) is 0.182. The van der Waals surface area contributed by atoms with Crippen molar-refractivity contribution in [3.05, 3.63) is 35.7 Å². The molecule has 6 nitrogen and oxygen atoms in total. The maximum atomic E-state index is 10.5. The Morgan fingerprint density at radius 2 is 2.24 bits per heavy atom. The summed E-state index contributed by atoms with van der Waals surface area (Å²) in [6, 6.07) is 2.77. The summed E-state index contributed by atoms with van der Waals surface area (Å²) in [5.41, 5.74) is 0.160. The molecule has 1 aromatic rings. The van der Waals surface area contributed by atoms with Gasteiger partial charge in [-0.25, -0.2) is 9.78 Å². The zero-order chi connectivity index (χ0) is 12.8. The Morgan fingerprint density at radius 1 is 1.53 bits per heavy atom. The van der Waals surface area contributed by atoms with Gasteiger partial charge < -0.3 is 20.4 Å². The van der Waals surface area contributed by atoms with Crippen LogP contribution >= 0.6 is 0 Å². The molecule has 1 rings (SSSR count). The van der Waals surface area contributed by atoms with Crippen LogP contribution in [0.1, 0.15) is 17.3 Å². The topological polar surface area (TPSA) is 104 Å². The standard InChI is InChI=1S/C11H12N2O4/c1-7(14)4-9(12)6-17-10-3-2-8(5-13-10)11(15)16/h2-5,12,14H,6H2,1H3,(H,15,16)/b7-4-,12-9?. The molecule has 0 spiro atoms. The van der Waals surface area contributed by atoms with Crippen molar-refractivity contribution in [3.8, 4) is 5.88 Å². The average molecular weight is 236 g/mol. The number of pyridine rings is 1. The Kier molecular flexibility index (Phi) is 4.21. The molecule has 0 unspecified atom stereocenters. The van der Waals surface area contributed by atoms with Gasteiger partial charge in [-0.3, -0.25) is 0 Å². The Bertz CT molecular complexity index is 447. The molecule has 0 aliphatic rings. The minimum atomic E-state index is -1.06.